The molecule has 338 valence electrons. The van der Waals surface area contributed by atoms with Crippen LogP contribution in [0.2, 0.25) is 0 Å². The molecule has 0 heterocycles. The molecule has 0 aliphatic heterocycles. The number of hydrogen-bond acceptors (Lipinski definition) is 1. The monoisotopic (exact) mass is 931 g/mol. The van der Waals surface area contributed by atoms with Crippen LogP contribution in [0.5, 0.6) is 0 Å². The Bertz CT molecular complexity index is 3950. The van der Waals surface area contributed by atoms with Gasteiger partial charge in [0.15, 0.2) is 8.07 Å². The third-order valence-electron chi connectivity index (χ3n) is 14.7. The van der Waals surface area contributed by atoms with Gasteiger partial charge in [-0.05, 0) is 140 Å². The lowest BCUT2D eigenvalue weighted by Gasteiger charge is -2.35. The fourth-order valence-electron chi connectivity index (χ4n) is 11.6. The predicted octanol–water partition coefficient (Wildman–Crippen LogP) is 16.1. The summed E-state index contributed by atoms with van der Waals surface area (Å²) in [5, 5.41) is 15.2. The van der Waals surface area contributed by atoms with Gasteiger partial charge >= 0.3 is 0 Å². The second-order valence-electron chi connectivity index (χ2n) is 18.7. The number of nitrogens with zero attached hydrogens (tertiary/aromatic N) is 1. The first-order valence-electron chi connectivity index (χ1n) is 24.9. The number of rotatable bonds is 10. The summed E-state index contributed by atoms with van der Waals surface area (Å²) < 4.78 is 0. The molecule has 0 saturated carbocycles. The van der Waals surface area contributed by atoms with E-state index in [9.17, 15) is 0 Å². The van der Waals surface area contributed by atoms with E-state index in [1.54, 1.807) is 0 Å². The molecule has 0 amide bonds. The topological polar surface area (TPSA) is 3.24 Å². The predicted molar refractivity (Wildman–Crippen MR) is 311 cm³/mol. The normalized spacial score (nSPS) is 11.6. The highest BCUT2D eigenvalue weighted by Gasteiger charge is 2.41. The number of benzene rings is 13. The highest BCUT2D eigenvalue weighted by molar-refractivity contribution is 7.19. The SMILES string of the molecule is c1ccc(-c2cc(-c3ccccc3)c3c4ccccc4c4cc(N(c5ccc([Si](c6ccccc6)(c6ccccc6)c6ccccc6)cc5)c5ccc6ccccc6c5)ccc4c3c2-c2ccccc2)cc1. The summed E-state index contributed by atoms with van der Waals surface area (Å²) in [6, 6.07) is 110. The maximum absolute atomic E-state index is 2.76. The van der Waals surface area contributed by atoms with Gasteiger partial charge in [0.1, 0.15) is 0 Å². The first-order chi connectivity index (χ1) is 35.7. The van der Waals surface area contributed by atoms with E-state index in [0.29, 0.717) is 0 Å². The molecule has 0 aliphatic carbocycles. The quantitative estimate of drug-likeness (QED) is 0.0750. The largest absolute Gasteiger partial charge is 0.310 e. The molecule has 0 fully saturated rings. The van der Waals surface area contributed by atoms with Crippen LogP contribution >= 0.6 is 0 Å². The number of anilines is 3. The van der Waals surface area contributed by atoms with E-state index >= 15 is 0 Å². The molecule has 0 atom stereocenters. The fourth-order valence-corrected chi connectivity index (χ4v) is 16.3. The fraction of sp³-hybridized carbons (Fsp3) is 0. The molecule has 0 aromatic heterocycles. The van der Waals surface area contributed by atoms with E-state index < -0.39 is 8.07 Å². The van der Waals surface area contributed by atoms with Crippen LogP contribution in [-0.4, -0.2) is 8.07 Å². The van der Waals surface area contributed by atoms with Gasteiger partial charge in [0.2, 0.25) is 0 Å². The van der Waals surface area contributed by atoms with Crippen LogP contribution < -0.4 is 25.6 Å². The molecule has 0 radical (unpaired) electrons. The van der Waals surface area contributed by atoms with E-state index in [1.165, 1.54) is 97.2 Å². The molecule has 0 aliphatic rings. The van der Waals surface area contributed by atoms with Gasteiger partial charge in [0.05, 0.1) is 0 Å². The Morgan fingerprint density at radius 3 is 1.24 bits per heavy atom. The highest BCUT2D eigenvalue weighted by Crippen LogP contribution is 2.50. The summed E-state index contributed by atoms with van der Waals surface area (Å²) in [6.45, 7) is 0. The number of fused-ring (bicyclic) bond motifs is 7. The molecule has 72 heavy (non-hydrogen) atoms. The lowest BCUT2D eigenvalue weighted by atomic mass is 9.81. The average molecular weight is 932 g/mol. The molecular weight excluding hydrogens is 883 g/mol. The van der Waals surface area contributed by atoms with Crippen LogP contribution in [0.3, 0.4) is 0 Å². The van der Waals surface area contributed by atoms with Crippen LogP contribution in [-0.2, 0) is 0 Å². The minimum Gasteiger partial charge on any atom is -0.310 e. The van der Waals surface area contributed by atoms with Crippen LogP contribution in [0.25, 0.3) is 76.5 Å². The Labute approximate surface area is 422 Å². The van der Waals surface area contributed by atoms with Crippen LogP contribution in [0, 0.1) is 0 Å². The Hall–Kier alpha value is -9.08. The summed E-state index contributed by atoms with van der Waals surface area (Å²) in [6.07, 6.45) is 0. The smallest absolute Gasteiger partial charge is 0.179 e. The van der Waals surface area contributed by atoms with Gasteiger partial charge in [-0.15, -0.1) is 0 Å². The zero-order chi connectivity index (χ0) is 47.8. The van der Waals surface area contributed by atoms with Crippen molar-refractivity contribution >= 4 is 89.0 Å². The lowest BCUT2D eigenvalue weighted by Crippen LogP contribution is -2.74. The third kappa shape index (κ3) is 7.31. The third-order valence-corrected chi connectivity index (χ3v) is 19.5. The van der Waals surface area contributed by atoms with Crippen molar-refractivity contribution in [3.63, 3.8) is 0 Å². The minimum atomic E-state index is -2.76. The van der Waals surface area contributed by atoms with Crippen molar-refractivity contribution in [2.75, 3.05) is 4.90 Å². The van der Waals surface area contributed by atoms with E-state index in [1.807, 2.05) is 0 Å². The summed E-state index contributed by atoms with van der Waals surface area (Å²) >= 11 is 0. The van der Waals surface area contributed by atoms with Gasteiger partial charge in [0.25, 0.3) is 0 Å². The maximum Gasteiger partial charge on any atom is 0.179 e. The molecule has 13 aromatic carbocycles. The molecule has 0 spiro atoms. The highest BCUT2D eigenvalue weighted by atomic mass is 28.3. The molecule has 0 unspecified atom stereocenters. The van der Waals surface area contributed by atoms with Crippen molar-refractivity contribution in [2.24, 2.45) is 0 Å². The molecule has 0 saturated heterocycles. The Balaban J connectivity index is 1.09. The first-order valence-corrected chi connectivity index (χ1v) is 26.9. The second kappa shape index (κ2) is 18.3. The molecule has 0 bridgehead atoms. The van der Waals surface area contributed by atoms with Gasteiger partial charge in [-0.25, -0.2) is 0 Å². The molecule has 2 heteroatoms. The summed E-state index contributed by atoms with van der Waals surface area (Å²) in [4.78, 5) is 2.46. The standard InChI is InChI=1S/C70H49NSi/c1-7-24-51(25-8-1)65-49-66(52-26-9-2-10-27-52)69-63-38-22-21-37-62(63)67-48-57(43-46-64(67)70(69)68(65)53-28-11-3-12-29-53)71(56-40-39-50-23-19-20-30-54(50)47-56)55-41-44-61(45-42-55)72(58-31-13-4-14-32-58,59-33-15-5-16-34-59)60-35-17-6-18-36-60/h1-49H. The van der Waals surface area contributed by atoms with Crippen molar-refractivity contribution in [1.29, 1.82) is 0 Å². The summed E-state index contributed by atoms with van der Waals surface area (Å²) in [5.41, 5.74) is 10.6. The van der Waals surface area contributed by atoms with Crippen LogP contribution in [0.1, 0.15) is 0 Å². The van der Waals surface area contributed by atoms with Gasteiger partial charge in [0, 0.05) is 17.1 Å². The zero-order valence-electron chi connectivity index (χ0n) is 39.7. The van der Waals surface area contributed by atoms with Crippen molar-refractivity contribution < 1.29 is 0 Å². The van der Waals surface area contributed by atoms with Crippen molar-refractivity contribution in [3.05, 3.63) is 297 Å². The van der Waals surface area contributed by atoms with Crippen molar-refractivity contribution in [1.82, 2.24) is 0 Å². The molecule has 13 aromatic rings. The van der Waals surface area contributed by atoms with Crippen molar-refractivity contribution in [2.45, 2.75) is 0 Å². The van der Waals surface area contributed by atoms with Gasteiger partial charge < -0.3 is 4.90 Å². The summed E-state index contributed by atoms with van der Waals surface area (Å²) in [5.74, 6) is 0. The van der Waals surface area contributed by atoms with E-state index in [4.69, 9.17) is 0 Å². The van der Waals surface area contributed by atoms with Gasteiger partial charge in [-0.3, -0.25) is 0 Å². The second-order valence-corrected chi connectivity index (χ2v) is 22.5. The molecule has 1 nitrogen and oxygen atoms in total. The molecular formula is C70H49NSi. The van der Waals surface area contributed by atoms with Crippen LogP contribution in [0.4, 0.5) is 17.1 Å². The first kappa shape index (κ1) is 43.0. The summed E-state index contributed by atoms with van der Waals surface area (Å²) in [7, 11) is -2.76. The Morgan fingerprint density at radius 1 is 0.236 bits per heavy atom. The molecule has 13 rings (SSSR count). The minimum absolute atomic E-state index is 1.09. The number of hydrogen-bond donors (Lipinski definition) is 0. The average Bonchev–Trinajstić information content (AvgIpc) is 3.47. The van der Waals surface area contributed by atoms with Gasteiger partial charge in [-0.1, -0.05) is 255 Å². The zero-order valence-corrected chi connectivity index (χ0v) is 40.7. The molecule has 0 N–H and O–H groups in total. The Morgan fingerprint density at radius 2 is 0.653 bits per heavy atom. The van der Waals surface area contributed by atoms with Crippen molar-refractivity contribution in [3.8, 4) is 33.4 Å². The lowest BCUT2D eigenvalue weighted by molar-refractivity contribution is 1.30. The Kier molecular flexibility index (Phi) is 10.9. The van der Waals surface area contributed by atoms with Gasteiger partial charge in [-0.2, -0.15) is 0 Å². The van der Waals surface area contributed by atoms with Crippen LogP contribution in [0.15, 0.2) is 297 Å². The maximum atomic E-state index is 2.46. The van der Waals surface area contributed by atoms with E-state index in [0.717, 1.165) is 17.1 Å². The van der Waals surface area contributed by atoms with E-state index in [2.05, 4.69) is 302 Å². The van der Waals surface area contributed by atoms with E-state index in [-0.39, 0.29) is 0 Å².